The number of rotatable bonds is 11. The van der Waals surface area contributed by atoms with Gasteiger partial charge in [0.05, 0.1) is 5.60 Å². The molecular weight excluding hydrogens is 232 g/mol. The molecule has 1 heteroatoms. The van der Waals surface area contributed by atoms with Crippen molar-refractivity contribution in [3.05, 3.63) is 24.3 Å². The molecule has 0 radical (unpaired) electrons. The van der Waals surface area contributed by atoms with Crippen molar-refractivity contribution in [1.29, 1.82) is 0 Å². The van der Waals surface area contributed by atoms with Crippen molar-refractivity contribution in [2.75, 3.05) is 6.61 Å². The van der Waals surface area contributed by atoms with E-state index in [1.807, 2.05) is 0 Å². The molecule has 0 aromatic heterocycles. The maximum atomic E-state index is 5.70. The van der Waals surface area contributed by atoms with E-state index in [-0.39, 0.29) is 5.60 Å². The van der Waals surface area contributed by atoms with Gasteiger partial charge in [0.25, 0.3) is 0 Å². The lowest BCUT2D eigenvalue weighted by atomic mass is 10.1. The standard InChI is InChI=1S/C18H34O/c1-5-6-7-8-9-10-11-12-13-14-15-16-17-19-18(2,3)4/h7-10H,5-6,11-17H2,1-4H3/b8-7-,10-9+. The molecule has 0 amide bonds. The Morgan fingerprint density at radius 2 is 1.37 bits per heavy atom. The van der Waals surface area contributed by atoms with Gasteiger partial charge in [-0.1, -0.05) is 56.9 Å². The van der Waals surface area contributed by atoms with E-state index in [1.54, 1.807) is 0 Å². The monoisotopic (exact) mass is 266 g/mol. The summed E-state index contributed by atoms with van der Waals surface area (Å²) < 4.78 is 5.70. The second-order valence-electron chi connectivity index (χ2n) is 6.16. The summed E-state index contributed by atoms with van der Waals surface area (Å²) in [6.07, 6.45) is 19.0. The first kappa shape index (κ1) is 18.4. The number of allylic oxidation sites excluding steroid dienone is 4. The molecule has 0 aliphatic rings. The first-order valence-electron chi connectivity index (χ1n) is 8.02. The van der Waals surface area contributed by atoms with Gasteiger partial charge in [-0.3, -0.25) is 0 Å². The van der Waals surface area contributed by atoms with E-state index in [0.717, 1.165) is 6.61 Å². The number of ether oxygens (including phenoxy) is 1. The molecule has 0 saturated carbocycles. The summed E-state index contributed by atoms with van der Waals surface area (Å²) in [7, 11) is 0. The predicted molar refractivity (Wildman–Crippen MR) is 86.6 cm³/mol. The van der Waals surface area contributed by atoms with Crippen molar-refractivity contribution in [3.8, 4) is 0 Å². The van der Waals surface area contributed by atoms with Crippen LogP contribution in [-0.4, -0.2) is 12.2 Å². The summed E-state index contributed by atoms with van der Waals surface area (Å²) in [5.41, 5.74) is 0.0239. The van der Waals surface area contributed by atoms with Crippen molar-refractivity contribution in [1.82, 2.24) is 0 Å². The van der Waals surface area contributed by atoms with E-state index in [0.29, 0.717) is 0 Å². The Morgan fingerprint density at radius 1 is 0.789 bits per heavy atom. The Hall–Kier alpha value is -0.560. The molecule has 0 saturated heterocycles. The highest BCUT2D eigenvalue weighted by molar-refractivity contribution is 5.02. The second kappa shape index (κ2) is 12.5. The average molecular weight is 266 g/mol. The molecule has 0 atom stereocenters. The summed E-state index contributed by atoms with van der Waals surface area (Å²) >= 11 is 0. The molecule has 0 rings (SSSR count). The Balaban J connectivity index is 3.19. The van der Waals surface area contributed by atoms with Crippen LogP contribution in [-0.2, 0) is 4.74 Å². The maximum absolute atomic E-state index is 5.70. The van der Waals surface area contributed by atoms with Crippen molar-refractivity contribution >= 4 is 0 Å². The molecule has 0 bridgehead atoms. The fraction of sp³-hybridized carbons (Fsp3) is 0.778. The zero-order chi connectivity index (χ0) is 14.4. The van der Waals surface area contributed by atoms with Gasteiger partial charge >= 0.3 is 0 Å². The molecule has 19 heavy (non-hydrogen) atoms. The Morgan fingerprint density at radius 3 is 2.00 bits per heavy atom. The fourth-order valence-electron chi connectivity index (χ4n) is 1.79. The van der Waals surface area contributed by atoms with Crippen molar-refractivity contribution < 1.29 is 4.74 Å². The molecule has 0 aromatic rings. The Labute approximate surface area is 121 Å². The van der Waals surface area contributed by atoms with Gasteiger partial charge in [0.15, 0.2) is 0 Å². The van der Waals surface area contributed by atoms with Crippen LogP contribution in [0.2, 0.25) is 0 Å². The van der Waals surface area contributed by atoms with Crippen LogP contribution in [0.1, 0.15) is 79.1 Å². The van der Waals surface area contributed by atoms with E-state index >= 15 is 0 Å². The first-order chi connectivity index (χ1) is 9.06. The molecule has 0 N–H and O–H groups in total. The van der Waals surface area contributed by atoms with Gasteiger partial charge in [0.1, 0.15) is 0 Å². The lowest BCUT2D eigenvalue weighted by Crippen LogP contribution is -2.19. The van der Waals surface area contributed by atoms with Crippen LogP contribution in [0.4, 0.5) is 0 Å². The highest BCUT2D eigenvalue weighted by atomic mass is 16.5. The highest BCUT2D eigenvalue weighted by Crippen LogP contribution is 2.10. The summed E-state index contributed by atoms with van der Waals surface area (Å²) in [5.74, 6) is 0. The number of hydrogen-bond donors (Lipinski definition) is 0. The molecule has 0 heterocycles. The molecular formula is C18H34O. The predicted octanol–water partition coefficient (Wildman–Crippen LogP) is 6.05. The van der Waals surface area contributed by atoms with E-state index < -0.39 is 0 Å². The molecule has 0 unspecified atom stereocenters. The van der Waals surface area contributed by atoms with Crippen LogP contribution >= 0.6 is 0 Å². The van der Waals surface area contributed by atoms with Gasteiger partial charge in [0, 0.05) is 6.61 Å². The minimum absolute atomic E-state index is 0.0239. The van der Waals surface area contributed by atoms with Gasteiger partial charge in [-0.05, 0) is 46.5 Å². The molecule has 0 aliphatic heterocycles. The third kappa shape index (κ3) is 17.4. The molecule has 0 fully saturated rings. The third-order valence-electron chi connectivity index (χ3n) is 2.89. The smallest absolute Gasteiger partial charge is 0.0598 e. The zero-order valence-electron chi connectivity index (χ0n) is 13.6. The number of unbranched alkanes of at least 4 members (excludes halogenated alkanes) is 6. The maximum Gasteiger partial charge on any atom is 0.0598 e. The largest absolute Gasteiger partial charge is 0.376 e. The van der Waals surface area contributed by atoms with Crippen molar-refractivity contribution in [3.63, 3.8) is 0 Å². The molecule has 112 valence electrons. The van der Waals surface area contributed by atoms with E-state index in [2.05, 4.69) is 52.0 Å². The van der Waals surface area contributed by atoms with E-state index in [4.69, 9.17) is 4.74 Å². The van der Waals surface area contributed by atoms with Gasteiger partial charge in [-0.25, -0.2) is 0 Å². The zero-order valence-corrected chi connectivity index (χ0v) is 13.6. The van der Waals surface area contributed by atoms with Gasteiger partial charge < -0.3 is 4.74 Å². The minimum atomic E-state index is 0.0239. The minimum Gasteiger partial charge on any atom is -0.376 e. The number of hydrogen-bond acceptors (Lipinski definition) is 1. The molecule has 0 aromatic carbocycles. The lowest BCUT2D eigenvalue weighted by molar-refractivity contribution is -0.00474. The summed E-state index contributed by atoms with van der Waals surface area (Å²) in [6.45, 7) is 9.48. The van der Waals surface area contributed by atoms with Gasteiger partial charge in [-0.15, -0.1) is 0 Å². The van der Waals surface area contributed by atoms with Crippen LogP contribution in [0.3, 0.4) is 0 Å². The average Bonchev–Trinajstić information content (AvgIpc) is 2.34. The van der Waals surface area contributed by atoms with E-state index in [1.165, 1.54) is 51.4 Å². The normalized spacial score (nSPS) is 12.8. The van der Waals surface area contributed by atoms with Gasteiger partial charge in [0.2, 0.25) is 0 Å². The quantitative estimate of drug-likeness (QED) is 0.326. The van der Waals surface area contributed by atoms with Crippen LogP contribution in [0, 0.1) is 0 Å². The fourth-order valence-corrected chi connectivity index (χ4v) is 1.79. The van der Waals surface area contributed by atoms with Crippen LogP contribution in [0.15, 0.2) is 24.3 Å². The first-order valence-corrected chi connectivity index (χ1v) is 8.02. The molecule has 1 nitrogen and oxygen atoms in total. The Kier molecular flexibility index (Phi) is 12.1. The van der Waals surface area contributed by atoms with Crippen LogP contribution in [0.5, 0.6) is 0 Å². The van der Waals surface area contributed by atoms with Crippen molar-refractivity contribution in [2.24, 2.45) is 0 Å². The summed E-state index contributed by atoms with van der Waals surface area (Å²) in [6, 6.07) is 0. The lowest BCUT2D eigenvalue weighted by Gasteiger charge is -2.19. The van der Waals surface area contributed by atoms with Crippen LogP contribution < -0.4 is 0 Å². The molecule has 0 spiro atoms. The SMILES string of the molecule is CCC/C=C\C=C\CCCCCCCOC(C)(C)C. The van der Waals surface area contributed by atoms with E-state index in [9.17, 15) is 0 Å². The van der Waals surface area contributed by atoms with Crippen molar-refractivity contribution in [2.45, 2.75) is 84.7 Å². The topological polar surface area (TPSA) is 9.23 Å². The van der Waals surface area contributed by atoms with Crippen LogP contribution in [0.25, 0.3) is 0 Å². The second-order valence-corrected chi connectivity index (χ2v) is 6.16. The molecule has 0 aliphatic carbocycles. The summed E-state index contributed by atoms with van der Waals surface area (Å²) in [5, 5.41) is 0. The third-order valence-corrected chi connectivity index (χ3v) is 2.89. The highest BCUT2D eigenvalue weighted by Gasteiger charge is 2.08. The van der Waals surface area contributed by atoms with Gasteiger partial charge in [-0.2, -0.15) is 0 Å². The summed E-state index contributed by atoms with van der Waals surface area (Å²) in [4.78, 5) is 0. The Bertz CT molecular complexity index is 233.